The number of aromatic nitrogens is 5. The van der Waals surface area contributed by atoms with Crippen LogP contribution in [0.1, 0.15) is 51.4 Å². The second kappa shape index (κ2) is 10.2. The molecule has 0 bridgehead atoms. The Labute approximate surface area is 213 Å². The predicted octanol–water partition coefficient (Wildman–Crippen LogP) is 3.28. The van der Waals surface area contributed by atoms with Gasteiger partial charge in [-0.25, -0.2) is 4.52 Å². The van der Waals surface area contributed by atoms with Crippen LogP contribution in [-0.4, -0.2) is 67.3 Å². The Kier molecular flexibility index (Phi) is 6.84. The van der Waals surface area contributed by atoms with E-state index in [-0.39, 0.29) is 11.8 Å². The van der Waals surface area contributed by atoms with E-state index in [0.717, 1.165) is 40.6 Å². The number of likely N-dealkylation sites (tertiary alicyclic amines) is 1. The highest BCUT2D eigenvalue weighted by Crippen LogP contribution is 2.32. The Morgan fingerprint density at radius 3 is 2.61 bits per heavy atom. The topological polar surface area (TPSA) is 109 Å². The number of piperidine rings is 1. The molecule has 2 N–H and O–H groups in total. The largest absolute Gasteiger partial charge is 0.351 e. The van der Waals surface area contributed by atoms with Crippen molar-refractivity contribution in [3.63, 3.8) is 0 Å². The normalized spacial score (nSPS) is 14.3. The van der Waals surface area contributed by atoms with E-state index in [0.29, 0.717) is 29.1 Å². The molecule has 0 aromatic carbocycles. The number of anilines is 1. The van der Waals surface area contributed by atoms with Gasteiger partial charge in [-0.05, 0) is 45.8 Å². The first-order valence-corrected chi connectivity index (χ1v) is 13.0. The van der Waals surface area contributed by atoms with Crippen LogP contribution in [0.5, 0.6) is 0 Å². The summed E-state index contributed by atoms with van der Waals surface area (Å²) in [7, 11) is 1.88. The van der Waals surface area contributed by atoms with E-state index in [1.165, 1.54) is 30.6 Å². The van der Waals surface area contributed by atoms with Crippen molar-refractivity contribution in [1.82, 2.24) is 34.6 Å². The van der Waals surface area contributed by atoms with Crippen molar-refractivity contribution < 1.29 is 9.59 Å². The van der Waals surface area contributed by atoms with E-state index in [9.17, 15) is 9.59 Å². The van der Waals surface area contributed by atoms with Crippen molar-refractivity contribution in [1.29, 1.82) is 0 Å². The summed E-state index contributed by atoms with van der Waals surface area (Å²) >= 11 is 1.49. The molecule has 1 fully saturated rings. The van der Waals surface area contributed by atoms with Crippen LogP contribution in [-0.2, 0) is 7.05 Å². The fourth-order valence-corrected chi connectivity index (χ4v) is 5.61. The Balaban J connectivity index is 1.28. The lowest BCUT2D eigenvalue weighted by atomic mass is 10.1. The smallest absolute Gasteiger partial charge is 0.260 e. The van der Waals surface area contributed by atoms with Gasteiger partial charge in [-0.15, -0.1) is 11.3 Å². The first-order valence-electron chi connectivity index (χ1n) is 12.2. The van der Waals surface area contributed by atoms with Gasteiger partial charge in [-0.1, -0.05) is 6.42 Å². The lowest BCUT2D eigenvalue weighted by molar-refractivity contribution is 0.0945. The summed E-state index contributed by atoms with van der Waals surface area (Å²) in [6, 6.07) is 1.68. The Hall–Kier alpha value is -3.57. The first kappa shape index (κ1) is 24.1. The van der Waals surface area contributed by atoms with Crippen molar-refractivity contribution in [2.24, 2.45) is 7.05 Å². The number of carbonyl (C=O) groups is 2. The third kappa shape index (κ3) is 5.02. The maximum absolute atomic E-state index is 13.2. The molecule has 2 amide bonds. The summed E-state index contributed by atoms with van der Waals surface area (Å²) in [6.07, 6.45) is 10.7. The Morgan fingerprint density at radius 2 is 1.86 bits per heavy atom. The number of nitrogens with zero attached hydrogens (tertiary/aromatic N) is 6. The number of hydrogen-bond acceptors (Lipinski definition) is 7. The molecule has 0 spiro atoms. The summed E-state index contributed by atoms with van der Waals surface area (Å²) in [5, 5.41) is 14.7. The van der Waals surface area contributed by atoms with Gasteiger partial charge < -0.3 is 15.5 Å². The molecule has 0 radical (unpaired) electrons. The van der Waals surface area contributed by atoms with Crippen molar-refractivity contribution >= 4 is 33.7 Å². The molecule has 0 aliphatic carbocycles. The summed E-state index contributed by atoms with van der Waals surface area (Å²) in [6.45, 7) is 7.36. The summed E-state index contributed by atoms with van der Waals surface area (Å²) in [5.41, 5.74) is 3.94. The van der Waals surface area contributed by atoms with E-state index in [1.54, 1.807) is 34.6 Å². The average Bonchev–Trinajstić information content (AvgIpc) is 3.54. The third-order valence-corrected chi connectivity index (χ3v) is 7.62. The summed E-state index contributed by atoms with van der Waals surface area (Å²) in [4.78, 5) is 34.3. The van der Waals surface area contributed by atoms with Gasteiger partial charge in [0.25, 0.3) is 11.8 Å². The fraction of sp³-hybridized carbons (Fsp3) is 0.400. The zero-order valence-corrected chi connectivity index (χ0v) is 21.6. The zero-order chi connectivity index (χ0) is 25.2. The van der Waals surface area contributed by atoms with E-state index in [2.05, 4.69) is 30.7 Å². The van der Waals surface area contributed by atoms with Crippen molar-refractivity contribution in [2.45, 2.75) is 33.1 Å². The van der Waals surface area contributed by atoms with E-state index in [1.807, 2.05) is 26.4 Å². The van der Waals surface area contributed by atoms with Gasteiger partial charge in [0.2, 0.25) is 0 Å². The number of carbonyl (C=O) groups excluding carboxylic acids is 2. The molecule has 1 aliphatic heterocycles. The van der Waals surface area contributed by atoms with Crippen LogP contribution in [0, 0.1) is 13.8 Å². The van der Waals surface area contributed by atoms with Gasteiger partial charge in [0.05, 0.1) is 39.3 Å². The maximum atomic E-state index is 13.2. The molecule has 4 aromatic rings. The zero-order valence-electron chi connectivity index (χ0n) is 20.7. The lowest BCUT2D eigenvalue weighted by Gasteiger charge is -2.26. The van der Waals surface area contributed by atoms with Gasteiger partial charge in [-0.3, -0.25) is 19.3 Å². The molecule has 5 heterocycles. The quantitative estimate of drug-likeness (QED) is 0.398. The van der Waals surface area contributed by atoms with Gasteiger partial charge in [0.15, 0.2) is 0 Å². The summed E-state index contributed by atoms with van der Waals surface area (Å²) < 4.78 is 3.48. The van der Waals surface area contributed by atoms with Gasteiger partial charge >= 0.3 is 0 Å². The molecule has 0 atom stereocenters. The molecule has 0 unspecified atom stereocenters. The molecule has 0 saturated carbocycles. The first-order chi connectivity index (χ1) is 17.4. The van der Waals surface area contributed by atoms with Crippen LogP contribution in [0.25, 0.3) is 15.3 Å². The van der Waals surface area contributed by atoms with Crippen LogP contribution in [0.2, 0.25) is 0 Å². The molecular formula is C25H30N8O2S. The minimum atomic E-state index is -0.297. The minimum absolute atomic E-state index is 0.197. The SMILES string of the molecule is Cc1ncc(C(=O)NCCN2CCCCC2)cc1NC(=O)c1cnn2cc(-c3cn(C)nc3C)sc12. The maximum Gasteiger partial charge on any atom is 0.260 e. The molecule has 5 rings (SSSR count). The Bertz CT molecular complexity index is 1410. The molecule has 10 nitrogen and oxygen atoms in total. The van der Waals surface area contributed by atoms with Crippen LogP contribution >= 0.6 is 11.3 Å². The molecule has 1 saturated heterocycles. The highest BCUT2D eigenvalue weighted by Gasteiger charge is 2.19. The molecule has 188 valence electrons. The number of nitrogens with one attached hydrogen (secondary N) is 2. The van der Waals surface area contributed by atoms with Crippen LogP contribution in [0.3, 0.4) is 0 Å². The number of aryl methyl sites for hydroxylation is 3. The van der Waals surface area contributed by atoms with E-state index >= 15 is 0 Å². The standard InChI is InChI=1S/C25H30N8O2S/c1-16-20(14-31(3)30-16)22-15-33-25(36-22)19(13-28-33)24(35)29-21-11-18(12-27-17(21)2)23(34)26-7-10-32-8-5-4-6-9-32/h11-15H,4-10H2,1-3H3,(H,26,34)(H,29,35). The van der Waals surface area contributed by atoms with E-state index in [4.69, 9.17) is 0 Å². The lowest BCUT2D eigenvalue weighted by Crippen LogP contribution is -2.37. The fourth-order valence-electron chi connectivity index (χ4n) is 4.49. The van der Waals surface area contributed by atoms with Gasteiger partial charge in [0.1, 0.15) is 4.83 Å². The number of thiazole rings is 1. The highest BCUT2D eigenvalue weighted by molar-refractivity contribution is 7.21. The van der Waals surface area contributed by atoms with Crippen LogP contribution < -0.4 is 10.6 Å². The Morgan fingerprint density at radius 1 is 1.06 bits per heavy atom. The van der Waals surface area contributed by atoms with Crippen molar-refractivity contribution in [2.75, 3.05) is 31.5 Å². The monoisotopic (exact) mass is 506 g/mol. The minimum Gasteiger partial charge on any atom is -0.351 e. The van der Waals surface area contributed by atoms with Crippen molar-refractivity contribution in [3.8, 4) is 10.4 Å². The van der Waals surface area contributed by atoms with Gasteiger partial charge in [-0.2, -0.15) is 10.2 Å². The molecule has 1 aliphatic rings. The second-order valence-electron chi connectivity index (χ2n) is 9.17. The van der Waals surface area contributed by atoms with Crippen LogP contribution in [0.4, 0.5) is 5.69 Å². The molecule has 36 heavy (non-hydrogen) atoms. The second-order valence-corrected chi connectivity index (χ2v) is 10.2. The highest BCUT2D eigenvalue weighted by atomic mass is 32.1. The van der Waals surface area contributed by atoms with Gasteiger partial charge in [0, 0.05) is 44.3 Å². The summed E-state index contributed by atoms with van der Waals surface area (Å²) in [5.74, 6) is -0.494. The number of pyridine rings is 1. The third-order valence-electron chi connectivity index (χ3n) is 6.48. The van der Waals surface area contributed by atoms with Crippen LogP contribution in [0.15, 0.2) is 30.9 Å². The predicted molar refractivity (Wildman–Crippen MR) is 140 cm³/mol. The number of hydrogen-bond donors (Lipinski definition) is 2. The molecule has 4 aromatic heterocycles. The molecular weight excluding hydrogens is 476 g/mol. The van der Waals surface area contributed by atoms with E-state index < -0.39 is 0 Å². The number of fused-ring (bicyclic) bond motifs is 1. The number of amides is 2. The molecule has 11 heteroatoms. The van der Waals surface area contributed by atoms with Crippen molar-refractivity contribution in [3.05, 3.63) is 53.4 Å². The number of rotatable bonds is 7. The average molecular weight is 507 g/mol.